The summed E-state index contributed by atoms with van der Waals surface area (Å²) in [6, 6.07) is 1.67. The molecule has 1 saturated carbocycles. The Balaban J connectivity index is 2.03. The van der Waals surface area contributed by atoms with Gasteiger partial charge in [0, 0.05) is 31.8 Å². The number of hydrogen-bond acceptors (Lipinski definition) is 3. The number of aryl methyl sites for hydroxylation is 2. The van der Waals surface area contributed by atoms with E-state index in [2.05, 4.69) is 5.32 Å². The fourth-order valence-corrected chi connectivity index (χ4v) is 2.61. The molecule has 1 aliphatic carbocycles. The number of pyridine rings is 1. The normalized spacial score (nSPS) is 22.5. The number of carbonyl (C=O) groups is 1. The summed E-state index contributed by atoms with van der Waals surface area (Å²) in [5, 5.41) is 2.87. The summed E-state index contributed by atoms with van der Waals surface area (Å²) in [4.78, 5) is 23.4. The first kappa shape index (κ1) is 13.8. The maximum absolute atomic E-state index is 12.0. The van der Waals surface area contributed by atoms with E-state index in [1.807, 2.05) is 6.92 Å². The lowest BCUT2D eigenvalue weighted by Crippen LogP contribution is -2.28. The second-order valence-electron chi connectivity index (χ2n) is 5.43. The van der Waals surface area contributed by atoms with Gasteiger partial charge in [0.05, 0.1) is 5.69 Å². The first-order chi connectivity index (χ1) is 8.97. The highest BCUT2D eigenvalue weighted by molar-refractivity contribution is 5.91. The van der Waals surface area contributed by atoms with E-state index < -0.39 is 0 Å². The molecule has 0 unspecified atom stereocenters. The standard InChI is InChI=1S/C14H21N3O2/c1-9-6-14(19)17(2)8-12(9)16-13(18)7-10-4-3-5-11(10)15/h6,8,10-11H,3-5,7,15H2,1-2H3,(H,16,18)/t10-,11+/m0/s1. The number of aromatic nitrogens is 1. The van der Waals surface area contributed by atoms with Gasteiger partial charge in [-0.1, -0.05) is 6.42 Å². The van der Waals surface area contributed by atoms with Gasteiger partial charge in [-0.2, -0.15) is 0 Å². The van der Waals surface area contributed by atoms with Gasteiger partial charge in [-0.15, -0.1) is 0 Å². The molecule has 0 bridgehead atoms. The maximum Gasteiger partial charge on any atom is 0.250 e. The molecule has 0 aromatic carbocycles. The molecule has 5 nitrogen and oxygen atoms in total. The number of amides is 1. The zero-order valence-corrected chi connectivity index (χ0v) is 11.5. The molecule has 19 heavy (non-hydrogen) atoms. The molecule has 1 aromatic heterocycles. The van der Waals surface area contributed by atoms with E-state index in [4.69, 9.17) is 5.73 Å². The Labute approximate surface area is 112 Å². The Morgan fingerprint density at radius 3 is 2.89 bits per heavy atom. The number of nitrogens with two attached hydrogens (primary N) is 1. The molecule has 0 spiro atoms. The van der Waals surface area contributed by atoms with E-state index in [0.29, 0.717) is 12.1 Å². The molecule has 104 valence electrons. The molecule has 2 atom stereocenters. The maximum atomic E-state index is 12.0. The fourth-order valence-electron chi connectivity index (χ4n) is 2.61. The van der Waals surface area contributed by atoms with Gasteiger partial charge in [-0.3, -0.25) is 9.59 Å². The number of nitrogens with zero attached hydrogens (tertiary/aromatic N) is 1. The zero-order valence-electron chi connectivity index (χ0n) is 11.5. The third-order valence-electron chi connectivity index (χ3n) is 3.87. The largest absolute Gasteiger partial charge is 0.327 e. The molecule has 1 heterocycles. The average molecular weight is 263 g/mol. The molecule has 1 aliphatic rings. The van der Waals surface area contributed by atoms with Crippen LogP contribution in [0.25, 0.3) is 0 Å². The van der Waals surface area contributed by atoms with E-state index in [1.165, 1.54) is 10.6 Å². The third-order valence-corrected chi connectivity index (χ3v) is 3.87. The van der Waals surface area contributed by atoms with Crippen LogP contribution in [-0.4, -0.2) is 16.5 Å². The van der Waals surface area contributed by atoms with Gasteiger partial charge in [0.2, 0.25) is 5.91 Å². The molecular formula is C14H21N3O2. The van der Waals surface area contributed by atoms with Crippen molar-refractivity contribution in [2.75, 3.05) is 5.32 Å². The Kier molecular flexibility index (Phi) is 4.04. The number of nitrogens with one attached hydrogen (secondary N) is 1. The molecule has 1 amide bonds. The van der Waals surface area contributed by atoms with Crippen LogP contribution >= 0.6 is 0 Å². The summed E-state index contributed by atoms with van der Waals surface area (Å²) in [6.45, 7) is 1.82. The highest BCUT2D eigenvalue weighted by atomic mass is 16.1. The lowest BCUT2D eigenvalue weighted by atomic mass is 10.00. The molecule has 3 N–H and O–H groups in total. The van der Waals surface area contributed by atoms with Gasteiger partial charge in [-0.25, -0.2) is 0 Å². The quantitative estimate of drug-likeness (QED) is 0.858. The number of rotatable bonds is 3. The summed E-state index contributed by atoms with van der Waals surface area (Å²) >= 11 is 0. The Morgan fingerprint density at radius 1 is 1.53 bits per heavy atom. The molecule has 1 fully saturated rings. The third kappa shape index (κ3) is 3.23. The van der Waals surface area contributed by atoms with E-state index in [1.54, 1.807) is 13.2 Å². The molecule has 1 aromatic rings. The number of carbonyl (C=O) groups excluding carboxylic acids is 1. The lowest BCUT2D eigenvalue weighted by molar-refractivity contribution is -0.117. The van der Waals surface area contributed by atoms with Crippen molar-refractivity contribution in [3.63, 3.8) is 0 Å². The summed E-state index contributed by atoms with van der Waals surface area (Å²) < 4.78 is 1.46. The highest BCUT2D eigenvalue weighted by Crippen LogP contribution is 2.27. The van der Waals surface area contributed by atoms with E-state index in [9.17, 15) is 9.59 Å². The van der Waals surface area contributed by atoms with Gasteiger partial charge in [0.1, 0.15) is 0 Å². The molecule has 0 aliphatic heterocycles. The summed E-state index contributed by atoms with van der Waals surface area (Å²) in [5.41, 5.74) is 7.37. The van der Waals surface area contributed by atoms with Crippen molar-refractivity contribution in [2.45, 2.75) is 38.6 Å². The van der Waals surface area contributed by atoms with Crippen LogP contribution in [0.5, 0.6) is 0 Å². The zero-order chi connectivity index (χ0) is 14.0. The minimum atomic E-state index is -0.0756. The van der Waals surface area contributed by atoms with E-state index in [-0.39, 0.29) is 23.4 Å². The average Bonchev–Trinajstić information content (AvgIpc) is 2.72. The first-order valence-electron chi connectivity index (χ1n) is 6.70. The van der Waals surface area contributed by atoms with Gasteiger partial charge < -0.3 is 15.6 Å². The number of hydrogen-bond donors (Lipinski definition) is 2. The summed E-state index contributed by atoms with van der Waals surface area (Å²) in [5.74, 6) is 0.261. The van der Waals surface area contributed by atoms with Crippen LogP contribution in [0, 0.1) is 12.8 Å². The molecule has 5 heteroatoms. The van der Waals surface area contributed by atoms with Crippen LogP contribution in [0.3, 0.4) is 0 Å². The van der Waals surface area contributed by atoms with Crippen molar-refractivity contribution < 1.29 is 4.79 Å². The second kappa shape index (κ2) is 5.57. The smallest absolute Gasteiger partial charge is 0.250 e. The lowest BCUT2D eigenvalue weighted by Gasteiger charge is -2.15. The minimum absolute atomic E-state index is 0.0240. The molecule has 2 rings (SSSR count). The van der Waals surface area contributed by atoms with Crippen molar-refractivity contribution in [1.29, 1.82) is 0 Å². The predicted octanol–water partition coefficient (Wildman–Crippen LogP) is 1.15. The molecular weight excluding hydrogens is 242 g/mol. The first-order valence-corrected chi connectivity index (χ1v) is 6.70. The van der Waals surface area contributed by atoms with Gasteiger partial charge in [0.25, 0.3) is 5.56 Å². The molecule has 0 radical (unpaired) electrons. The van der Waals surface area contributed by atoms with Crippen LogP contribution in [0.4, 0.5) is 5.69 Å². The molecule has 0 saturated heterocycles. The van der Waals surface area contributed by atoms with Crippen LogP contribution in [0.2, 0.25) is 0 Å². The highest BCUT2D eigenvalue weighted by Gasteiger charge is 2.26. The van der Waals surface area contributed by atoms with Crippen LogP contribution in [-0.2, 0) is 11.8 Å². The Morgan fingerprint density at radius 2 is 2.26 bits per heavy atom. The van der Waals surface area contributed by atoms with Crippen molar-refractivity contribution in [2.24, 2.45) is 18.7 Å². The van der Waals surface area contributed by atoms with E-state index >= 15 is 0 Å². The predicted molar refractivity (Wildman–Crippen MR) is 75.0 cm³/mol. The SMILES string of the molecule is Cc1cc(=O)n(C)cc1NC(=O)C[C@@H]1CCC[C@H]1N. The van der Waals surface area contributed by atoms with Gasteiger partial charge in [0.15, 0.2) is 0 Å². The van der Waals surface area contributed by atoms with Crippen molar-refractivity contribution in [1.82, 2.24) is 4.57 Å². The van der Waals surface area contributed by atoms with Gasteiger partial charge >= 0.3 is 0 Å². The van der Waals surface area contributed by atoms with Crippen molar-refractivity contribution in [3.05, 3.63) is 28.2 Å². The fraction of sp³-hybridized carbons (Fsp3) is 0.571. The Hall–Kier alpha value is -1.62. The van der Waals surface area contributed by atoms with E-state index in [0.717, 1.165) is 24.8 Å². The van der Waals surface area contributed by atoms with Crippen LogP contribution in [0.15, 0.2) is 17.1 Å². The van der Waals surface area contributed by atoms with Gasteiger partial charge in [-0.05, 0) is 31.2 Å². The summed E-state index contributed by atoms with van der Waals surface area (Å²) in [6.07, 6.45) is 5.27. The monoisotopic (exact) mass is 263 g/mol. The Bertz CT molecular complexity index is 536. The van der Waals surface area contributed by atoms with Crippen molar-refractivity contribution in [3.8, 4) is 0 Å². The second-order valence-corrected chi connectivity index (χ2v) is 5.43. The topological polar surface area (TPSA) is 77.1 Å². The minimum Gasteiger partial charge on any atom is -0.327 e. The van der Waals surface area contributed by atoms with Crippen molar-refractivity contribution >= 4 is 11.6 Å². The van der Waals surface area contributed by atoms with Crippen LogP contribution in [0.1, 0.15) is 31.2 Å². The van der Waals surface area contributed by atoms with Crippen LogP contribution < -0.4 is 16.6 Å². The summed E-state index contributed by atoms with van der Waals surface area (Å²) in [7, 11) is 1.67. The number of anilines is 1.